The topological polar surface area (TPSA) is 27.1 Å². The van der Waals surface area contributed by atoms with Crippen molar-refractivity contribution < 1.29 is 4.74 Å². The molecule has 0 aliphatic carbocycles. The predicted molar refractivity (Wildman–Crippen MR) is 125 cm³/mol. The number of ether oxygens (including phenoxy) is 1. The van der Waals surface area contributed by atoms with Crippen LogP contribution in [0.25, 0.3) is 22.4 Å². The minimum atomic E-state index is 0.137. The van der Waals surface area contributed by atoms with Gasteiger partial charge in [-0.05, 0) is 53.8 Å². The van der Waals surface area contributed by atoms with E-state index in [-0.39, 0.29) is 5.41 Å². The first-order chi connectivity index (χ1) is 14.4. The molecule has 0 bridgehead atoms. The second kappa shape index (κ2) is 8.53. The lowest BCUT2D eigenvalue weighted by atomic mass is 9.87. The van der Waals surface area contributed by atoms with Crippen molar-refractivity contribution in [1.29, 1.82) is 0 Å². The standard InChI is InChI=1S/C26H27ClN2O/c1-26(2,3)20-11-9-19(10-12-20)25-28-23-7-4-5-8-24(23)29(25)17-6-18-30-22-15-13-21(27)14-16-22/h4-5,7-16H,6,17-18H2,1-3H3. The summed E-state index contributed by atoms with van der Waals surface area (Å²) in [5.74, 6) is 1.84. The molecule has 3 aromatic carbocycles. The molecule has 0 atom stereocenters. The number of aromatic nitrogens is 2. The largest absolute Gasteiger partial charge is 0.494 e. The van der Waals surface area contributed by atoms with E-state index in [1.807, 2.05) is 30.3 Å². The Bertz CT molecular complexity index is 1120. The SMILES string of the molecule is CC(C)(C)c1ccc(-c2nc3ccccc3n2CCCOc2ccc(Cl)cc2)cc1. The van der Waals surface area contributed by atoms with E-state index in [0.29, 0.717) is 11.6 Å². The number of hydrogen-bond acceptors (Lipinski definition) is 2. The van der Waals surface area contributed by atoms with Crippen LogP contribution in [0.1, 0.15) is 32.8 Å². The van der Waals surface area contributed by atoms with Gasteiger partial charge in [0, 0.05) is 17.1 Å². The van der Waals surface area contributed by atoms with Gasteiger partial charge in [-0.2, -0.15) is 0 Å². The summed E-state index contributed by atoms with van der Waals surface area (Å²) < 4.78 is 8.18. The van der Waals surface area contributed by atoms with Crippen LogP contribution in [0.4, 0.5) is 0 Å². The van der Waals surface area contributed by atoms with Gasteiger partial charge in [0.25, 0.3) is 0 Å². The molecule has 0 aliphatic heterocycles. The number of fused-ring (bicyclic) bond motifs is 1. The monoisotopic (exact) mass is 418 g/mol. The van der Waals surface area contributed by atoms with Crippen LogP contribution in [0.2, 0.25) is 5.02 Å². The average Bonchev–Trinajstić information content (AvgIpc) is 3.11. The normalized spacial score (nSPS) is 11.7. The summed E-state index contributed by atoms with van der Waals surface area (Å²) in [5, 5.41) is 0.717. The van der Waals surface area contributed by atoms with Gasteiger partial charge >= 0.3 is 0 Å². The van der Waals surface area contributed by atoms with Crippen LogP contribution in [0.15, 0.2) is 72.8 Å². The summed E-state index contributed by atoms with van der Waals surface area (Å²) in [4.78, 5) is 4.93. The predicted octanol–water partition coefficient (Wildman–Crippen LogP) is 7.12. The second-order valence-corrected chi connectivity index (χ2v) is 9.00. The lowest BCUT2D eigenvalue weighted by Gasteiger charge is -2.19. The lowest BCUT2D eigenvalue weighted by Crippen LogP contribution is -2.10. The van der Waals surface area contributed by atoms with Gasteiger partial charge < -0.3 is 9.30 Å². The Kier molecular flexibility index (Phi) is 5.83. The van der Waals surface area contributed by atoms with Crippen molar-refractivity contribution in [3.63, 3.8) is 0 Å². The first-order valence-electron chi connectivity index (χ1n) is 10.4. The van der Waals surface area contributed by atoms with Gasteiger partial charge in [0.1, 0.15) is 11.6 Å². The molecule has 154 valence electrons. The fourth-order valence-electron chi connectivity index (χ4n) is 3.59. The Morgan fingerprint density at radius 3 is 2.30 bits per heavy atom. The molecule has 0 N–H and O–H groups in total. The fraction of sp³-hybridized carbons (Fsp3) is 0.269. The Morgan fingerprint density at radius 1 is 0.900 bits per heavy atom. The molecule has 3 nitrogen and oxygen atoms in total. The zero-order valence-corrected chi connectivity index (χ0v) is 18.5. The van der Waals surface area contributed by atoms with E-state index in [2.05, 4.69) is 67.8 Å². The van der Waals surface area contributed by atoms with Gasteiger partial charge in [-0.3, -0.25) is 0 Å². The molecule has 4 heteroatoms. The number of imidazole rings is 1. The zero-order chi connectivity index (χ0) is 21.1. The van der Waals surface area contributed by atoms with Crippen molar-refractivity contribution in [1.82, 2.24) is 9.55 Å². The van der Waals surface area contributed by atoms with E-state index in [1.165, 1.54) is 5.56 Å². The van der Waals surface area contributed by atoms with E-state index in [4.69, 9.17) is 21.3 Å². The van der Waals surface area contributed by atoms with Crippen molar-refractivity contribution >= 4 is 22.6 Å². The van der Waals surface area contributed by atoms with Crippen LogP contribution in [0, 0.1) is 0 Å². The molecule has 0 aliphatic rings. The minimum absolute atomic E-state index is 0.137. The van der Waals surface area contributed by atoms with E-state index in [0.717, 1.165) is 41.1 Å². The highest BCUT2D eigenvalue weighted by atomic mass is 35.5. The smallest absolute Gasteiger partial charge is 0.141 e. The molecule has 30 heavy (non-hydrogen) atoms. The molecule has 0 radical (unpaired) electrons. The Labute approximate surface area is 183 Å². The van der Waals surface area contributed by atoms with E-state index >= 15 is 0 Å². The molecule has 0 saturated carbocycles. The number of benzene rings is 3. The van der Waals surface area contributed by atoms with Crippen molar-refractivity contribution in [2.24, 2.45) is 0 Å². The molecule has 1 heterocycles. The fourth-order valence-corrected chi connectivity index (χ4v) is 3.71. The summed E-state index contributed by atoms with van der Waals surface area (Å²) >= 11 is 5.94. The first-order valence-corrected chi connectivity index (χ1v) is 10.7. The number of hydrogen-bond donors (Lipinski definition) is 0. The van der Waals surface area contributed by atoms with E-state index < -0.39 is 0 Å². The second-order valence-electron chi connectivity index (χ2n) is 8.56. The van der Waals surface area contributed by atoms with E-state index in [1.54, 1.807) is 0 Å². The van der Waals surface area contributed by atoms with Crippen LogP contribution in [0.3, 0.4) is 0 Å². The van der Waals surface area contributed by atoms with E-state index in [9.17, 15) is 0 Å². The molecular formula is C26H27ClN2O. The molecule has 0 unspecified atom stereocenters. The number of nitrogens with zero attached hydrogens (tertiary/aromatic N) is 2. The minimum Gasteiger partial charge on any atom is -0.494 e. The molecule has 0 amide bonds. The highest BCUT2D eigenvalue weighted by Crippen LogP contribution is 2.28. The molecule has 4 aromatic rings. The van der Waals surface area contributed by atoms with Gasteiger partial charge in [0.15, 0.2) is 0 Å². The first kappa shape index (κ1) is 20.5. The summed E-state index contributed by atoms with van der Waals surface area (Å²) in [6, 6.07) is 24.6. The van der Waals surface area contributed by atoms with Gasteiger partial charge in [-0.15, -0.1) is 0 Å². The van der Waals surface area contributed by atoms with Crippen molar-refractivity contribution in [3.05, 3.63) is 83.4 Å². The van der Waals surface area contributed by atoms with Crippen LogP contribution in [-0.4, -0.2) is 16.2 Å². The lowest BCUT2D eigenvalue weighted by molar-refractivity contribution is 0.303. The highest BCUT2D eigenvalue weighted by molar-refractivity contribution is 6.30. The average molecular weight is 419 g/mol. The summed E-state index contributed by atoms with van der Waals surface area (Å²) in [6.07, 6.45) is 0.885. The third-order valence-electron chi connectivity index (χ3n) is 5.27. The van der Waals surface area contributed by atoms with Gasteiger partial charge in [0.2, 0.25) is 0 Å². The van der Waals surface area contributed by atoms with Crippen molar-refractivity contribution in [2.45, 2.75) is 39.2 Å². The number of rotatable bonds is 6. The molecular weight excluding hydrogens is 392 g/mol. The van der Waals surface area contributed by atoms with Gasteiger partial charge in [0.05, 0.1) is 17.6 Å². The molecule has 0 spiro atoms. The third kappa shape index (κ3) is 4.52. The summed E-state index contributed by atoms with van der Waals surface area (Å²) in [6.45, 7) is 8.18. The number of para-hydroxylation sites is 2. The Balaban J connectivity index is 1.55. The van der Waals surface area contributed by atoms with Crippen LogP contribution in [0.5, 0.6) is 5.75 Å². The third-order valence-corrected chi connectivity index (χ3v) is 5.52. The van der Waals surface area contributed by atoms with Crippen LogP contribution < -0.4 is 4.74 Å². The maximum absolute atomic E-state index is 5.94. The molecule has 1 aromatic heterocycles. The van der Waals surface area contributed by atoms with Crippen molar-refractivity contribution in [2.75, 3.05) is 6.61 Å². The quantitative estimate of drug-likeness (QED) is 0.311. The highest BCUT2D eigenvalue weighted by Gasteiger charge is 2.16. The summed E-state index contributed by atoms with van der Waals surface area (Å²) in [5.41, 5.74) is 4.77. The molecule has 4 rings (SSSR count). The maximum atomic E-state index is 5.94. The molecule has 0 fully saturated rings. The molecule has 0 saturated heterocycles. The van der Waals surface area contributed by atoms with Crippen molar-refractivity contribution in [3.8, 4) is 17.1 Å². The maximum Gasteiger partial charge on any atom is 0.141 e. The van der Waals surface area contributed by atoms with Gasteiger partial charge in [-0.1, -0.05) is 68.8 Å². The number of aryl methyl sites for hydroxylation is 1. The zero-order valence-electron chi connectivity index (χ0n) is 17.7. The van der Waals surface area contributed by atoms with Crippen LogP contribution >= 0.6 is 11.6 Å². The number of halogens is 1. The van der Waals surface area contributed by atoms with Crippen LogP contribution in [-0.2, 0) is 12.0 Å². The Hall–Kier alpha value is -2.78. The summed E-state index contributed by atoms with van der Waals surface area (Å²) in [7, 11) is 0. The van der Waals surface area contributed by atoms with Gasteiger partial charge in [-0.25, -0.2) is 4.98 Å². The Morgan fingerprint density at radius 2 is 1.60 bits per heavy atom.